The van der Waals surface area contributed by atoms with E-state index in [4.69, 9.17) is 4.98 Å². The molecule has 36 heavy (non-hydrogen) atoms. The summed E-state index contributed by atoms with van der Waals surface area (Å²) in [5.41, 5.74) is 1.75. The summed E-state index contributed by atoms with van der Waals surface area (Å²) in [6.45, 7) is 10.2. The zero-order chi connectivity index (χ0) is 25.8. The molecule has 0 spiro atoms. The van der Waals surface area contributed by atoms with Gasteiger partial charge < -0.3 is 15.3 Å². The van der Waals surface area contributed by atoms with E-state index in [9.17, 15) is 13.5 Å². The Hall–Kier alpha value is -2.08. The van der Waals surface area contributed by atoms with Crippen LogP contribution in [-0.2, 0) is 16.6 Å². The summed E-state index contributed by atoms with van der Waals surface area (Å²) < 4.78 is 29.0. The van der Waals surface area contributed by atoms with E-state index in [0.717, 1.165) is 62.1 Å². The van der Waals surface area contributed by atoms with Crippen LogP contribution >= 0.6 is 0 Å². The third kappa shape index (κ3) is 7.47. The van der Waals surface area contributed by atoms with Gasteiger partial charge in [0.15, 0.2) is 0 Å². The average molecular weight is 520 g/mol. The number of aliphatic hydroxyl groups is 1. The van der Waals surface area contributed by atoms with Crippen LogP contribution in [0.2, 0.25) is 0 Å². The molecule has 11 heteroatoms. The van der Waals surface area contributed by atoms with Crippen LogP contribution in [0.4, 0.5) is 5.95 Å². The lowest BCUT2D eigenvalue weighted by Gasteiger charge is -2.31. The van der Waals surface area contributed by atoms with Gasteiger partial charge in [-0.2, -0.15) is 5.10 Å². The summed E-state index contributed by atoms with van der Waals surface area (Å²) in [5.74, 6) is 0.777. The van der Waals surface area contributed by atoms with E-state index in [1.165, 1.54) is 12.8 Å². The molecule has 0 radical (unpaired) electrons. The van der Waals surface area contributed by atoms with Crippen LogP contribution in [0, 0.1) is 6.92 Å². The Morgan fingerprint density at radius 2 is 1.83 bits per heavy atom. The number of hydrogen-bond donors (Lipinski definition) is 2. The highest BCUT2D eigenvalue weighted by Gasteiger charge is 2.28. The number of sulfonamides is 1. The SMILES string of the molecule is Cc1cnc(NC2CCN(S(=O)(=O)CCCCN3CCCC3)CC2)nc1-c1cnn(CC(C)(C)O)c1. The molecule has 2 saturated heterocycles. The standard InChI is InChI=1S/C25H41N7O3S/c1-20-16-26-24(29-23(20)21-17-27-31(18-21)19-25(2,3)33)28-22-8-13-32(14-9-22)36(34,35)15-7-6-12-30-10-4-5-11-30/h16-18,22,33H,4-15,19H2,1-3H3,(H,26,28,29). The zero-order valence-corrected chi connectivity index (χ0v) is 22.7. The smallest absolute Gasteiger partial charge is 0.223 e. The Labute approximate surface area is 215 Å². The molecule has 2 aliphatic rings. The maximum absolute atomic E-state index is 12.8. The highest BCUT2D eigenvalue weighted by atomic mass is 32.2. The molecule has 10 nitrogen and oxygen atoms in total. The first-order valence-electron chi connectivity index (χ1n) is 13.1. The first-order valence-corrected chi connectivity index (χ1v) is 14.8. The number of piperidine rings is 1. The van der Waals surface area contributed by atoms with Crippen LogP contribution in [-0.4, -0.2) is 92.6 Å². The number of hydrogen-bond acceptors (Lipinski definition) is 8. The molecular formula is C25H41N7O3S. The lowest BCUT2D eigenvalue weighted by atomic mass is 10.1. The fourth-order valence-corrected chi connectivity index (χ4v) is 6.58. The molecule has 4 rings (SSSR count). The van der Waals surface area contributed by atoms with Gasteiger partial charge in [0.1, 0.15) is 0 Å². The number of likely N-dealkylation sites (tertiary alicyclic amines) is 1. The summed E-state index contributed by atoms with van der Waals surface area (Å²) in [4.78, 5) is 11.6. The van der Waals surface area contributed by atoms with Crippen LogP contribution < -0.4 is 5.32 Å². The maximum Gasteiger partial charge on any atom is 0.223 e. The molecule has 2 fully saturated rings. The number of rotatable bonds is 11. The molecule has 2 N–H and O–H groups in total. The van der Waals surface area contributed by atoms with Crippen molar-refractivity contribution in [2.24, 2.45) is 0 Å². The largest absolute Gasteiger partial charge is 0.389 e. The Balaban J connectivity index is 1.27. The van der Waals surface area contributed by atoms with E-state index in [1.807, 2.05) is 13.1 Å². The van der Waals surface area contributed by atoms with E-state index in [1.54, 1.807) is 35.2 Å². The average Bonchev–Trinajstić information content (AvgIpc) is 3.50. The number of nitrogens with zero attached hydrogens (tertiary/aromatic N) is 6. The van der Waals surface area contributed by atoms with Gasteiger partial charge in [-0.25, -0.2) is 22.7 Å². The molecule has 0 bridgehead atoms. The summed E-state index contributed by atoms with van der Waals surface area (Å²) in [6.07, 6.45) is 11.1. The second kappa shape index (κ2) is 11.5. The van der Waals surface area contributed by atoms with E-state index < -0.39 is 15.6 Å². The minimum absolute atomic E-state index is 0.125. The zero-order valence-electron chi connectivity index (χ0n) is 21.9. The van der Waals surface area contributed by atoms with Gasteiger partial charge in [-0.3, -0.25) is 4.68 Å². The van der Waals surface area contributed by atoms with Crippen molar-refractivity contribution in [3.8, 4) is 11.3 Å². The molecule has 0 unspecified atom stereocenters. The van der Waals surface area contributed by atoms with Crippen LogP contribution in [0.1, 0.15) is 57.9 Å². The number of aromatic nitrogens is 4. The quantitative estimate of drug-likeness (QED) is 0.435. The Bertz CT molecular complexity index is 1100. The lowest BCUT2D eigenvalue weighted by Crippen LogP contribution is -2.43. The van der Waals surface area contributed by atoms with Gasteiger partial charge in [-0.1, -0.05) is 0 Å². The predicted molar refractivity (Wildman–Crippen MR) is 141 cm³/mol. The summed E-state index contributed by atoms with van der Waals surface area (Å²) in [6, 6.07) is 0.125. The van der Waals surface area contributed by atoms with Gasteiger partial charge in [0.05, 0.1) is 29.8 Å². The number of aryl methyl sites for hydroxylation is 1. The first kappa shape index (κ1) is 27.0. The van der Waals surface area contributed by atoms with Gasteiger partial charge in [0, 0.05) is 37.1 Å². The van der Waals surface area contributed by atoms with Crippen molar-refractivity contribution in [2.75, 3.05) is 43.8 Å². The van der Waals surface area contributed by atoms with Crippen molar-refractivity contribution in [1.29, 1.82) is 0 Å². The third-order valence-corrected chi connectivity index (χ3v) is 8.89. The monoisotopic (exact) mass is 519 g/mol. The highest BCUT2D eigenvalue weighted by molar-refractivity contribution is 7.89. The Morgan fingerprint density at radius 3 is 2.53 bits per heavy atom. The van der Waals surface area contributed by atoms with Crippen LogP contribution in [0.5, 0.6) is 0 Å². The van der Waals surface area contributed by atoms with Gasteiger partial charge >= 0.3 is 0 Å². The topological polar surface area (TPSA) is 116 Å². The maximum atomic E-state index is 12.8. The third-order valence-electron chi connectivity index (χ3n) is 6.93. The van der Waals surface area contributed by atoms with Crippen LogP contribution in [0.15, 0.2) is 18.6 Å². The van der Waals surface area contributed by atoms with E-state index >= 15 is 0 Å². The Morgan fingerprint density at radius 1 is 1.11 bits per heavy atom. The van der Waals surface area contributed by atoms with E-state index in [-0.39, 0.29) is 11.8 Å². The fraction of sp³-hybridized carbons (Fsp3) is 0.720. The summed E-state index contributed by atoms with van der Waals surface area (Å²) in [7, 11) is -3.21. The molecule has 0 amide bonds. The molecule has 0 saturated carbocycles. The van der Waals surface area contributed by atoms with Crippen molar-refractivity contribution in [1.82, 2.24) is 29.0 Å². The molecule has 2 aromatic heterocycles. The first-order chi connectivity index (χ1) is 17.1. The van der Waals surface area contributed by atoms with E-state index in [2.05, 4.69) is 20.3 Å². The lowest BCUT2D eigenvalue weighted by molar-refractivity contribution is 0.0577. The van der Waals surface area contributed by atoms with Gasteiger partial charge in [0.25, 0.3) is 0 Å². The van der Waals surface area contributed by atoms with Crippen LogP contribution in [0.25, 0.3) is 11.3 Å². The molecule has 200 valence electrons. The predicted octanol–water partition coefficient (Wildman–Crippen LogP) is 2.50. The van der Waals surface area contributed by atoms with Crippen molar-refractivity contribution in [2.45, 2.75) is 77.5 Å². The van der Waals surface area contributed by atoms with Gasteiger partial charge in [-0.15, -0.1) is 0 Å². The molecule has 0 atom stereocenters. The molecule has 4 heterocycles. The van der Waals surface area contributed by atoms with Crippen molar-refractivity contribution >= 4 is 16.0 Å². The second-order valence-corrected chi connectivity index (χ2v) is 12.9. The number of anilines is 1. The normalized spacial score (nSPS) is 18.7. The van der Waals surface area contributed by atoms with E-state index in [0.29, 0.717) is 25.6 Å². The minimum Gasteiger partial charge on any atom is -0.389 e. The van der Waals surface area contributed by atoms with Crippen LogP contribution in [0.3, 0.4) is 0 Å². The Kier molecular flexibility index (Phi) is 8.64. The number of unbranched alkanes of at least 4 members (excludes halogenated alkanes) is 1. The molecule has 2 aliphatic heterocycles. The molecule has 0 aliphatic carbocycles. The summed E-state index contributed by atoms with van der Waals surface area (Å²) >= 11 is 0. The highest BCUT2D eigenvalue weighted by Crippen LogP contribution is 2.24. The van der Waals surface area contributed by atoms with Crippen molar-refractivity contribution < 1.29 is 13.5 Å². The molecular weight excluding hydrogens is 478 g/mol. The van der Waals surface area contributed by atoms with Crippen molar-refractivity contribution in [3.63, 3.8) is 0 Å². The van der Waals surface area contributed by atoms with Gasteiger partial charge in [0.2, 0.25) is 16.0 Å². The second-order valence-electron chi connectivity index (χ2n) is 10.9. The van der Waals surface area contributed by atoms with Crippen molar-refractivity contribution in [3.05, 3.63) is 24.2 Å². The molecule has 0 aromatic carbocycles. The fourth-order valence-electron chi connectivity index (χ4n) is 4.99. The number of nitrogens with one attached hydrogen (secondary N) is 1. The van der Waals surface area contributed by atoms with Gasteiger partial charge in [-0.05, 0) is 84.5 Å². The minimum atomic E-state index is -3.21. The molecule has 2 aromatic rings. The summed E-state index contributed by atoms with van der Waals surface area (Å²) in [5, 5.41) is 17.8.